The maximum Gasteiger partial charge on any atom is 0.264 e. The topological polar surface area (TPSA) is 66.5 Å². The molecule has 0 aliphatic carbocycles. The Hall–Kier alpha value is -3.12. The number of benzene rings is 3. The van der Waals surface area contributed by atoms with Gasteiger partial charge in [-0.05, 0) is 56.5 Å². The van der Waals surface area contributed by atoms with Crippen LogP contribution in [0.3, 0.4) is 0 Å². The van der Waals surface area contributed by atoms with Crippen LogP contribution < -0.4 is 9.62 Å². The molecule has 0 radical (unpaired) electrons. The van der Waals surface area contributed by atoms with Gasteiger partial charge in [-0.3, -0.25) is 9.10 Å². The summed E-state index contributed by atoms with van der Waals surface area (Å²) >= 11 is 0. The number of hydrogen-bond donors (Lipinski definition) is 1. The number of nitrogens with zero attached hydrogens (tertiary/aromatic N) is 1. The molecular formula is C26H30N2O3S. The molecule has 32 heavy (non-hydrogen) atoms. The first-order valence-electron chi connectivity index (χ1n) is 10.7. The van der Waals surface area contributed by atoms with Gasteiger partial charge in [-0.1, -0.05) is 72.6 Å². The smallest absolute Gasteiger partial charge is 0.264 e. The minimum atomic E-state index is -3.94. The maximum atomic E-state index is 13.6. The molecule has 1 N–H and O–H groups in total. The fourth-order valence-electron chi connectivity index (χ4n) is 3.70. The van der Waals surface area contributed by atoms with E-state index in [0.717, 1.165) is 22.3 Å². The van der Waals surface area contributed by atoms with E-state index < -0.39 is 10.0 Å². The van der Waals surface area contributed by atoms with Crippen molar-refractivity contribution in [1.29, 1.82) is 0 Å². The Morgan fingerprint density at radius 2 is 1.53 bits per heavy atom. The molecule has 5 nitrogen and oxygen atoms in total. The lowest BCUT2D eigenvalue weighted by atomic mass is 10.0. The number of sulfonamides is 1. The van der Waals surface area contributed by atoms with E-state index in [1.807, 2.05) is 70.2 Å². The molecule has 0 bridgehead atoms. The minimum Gasteiger partial charge on any atom is -0.348 e. The fourth-order valence-corrected chi connectivity index (χ4v) is 5.18. The van der Waals surface area contributed by atoms with Gasteiger partial charge in [-0.2, -0.15) is 0 Å². The molecule has 0 aromatic heterocycles. The molecule has 1 unspecified atom stereocenters. The summed E-state index contributed by atoms with van der Waals surface area (Å²) in [4.78, 5) is 13.2. The zero-order chi connectivity index (χ0) is 23.3. The van der Waals surface area contributed by atoms with Crippen molar-refractivity contribution in [1.82, 2.24) is 5.32 Å². The van der Waals surface area contributed by atoms with Gasteiger partial charge in [-0.15, -0.1) is 0 Å². The van der Waals surface area contributed by atoms with E-state index in [2.05, 4.69) is 5.32 Å². The average Bonchev–Trinajstić information content (AvgIpc) is 2.77. The summed E-state index contributed by atoms with van der Waals surface area (Å²) in [7, 11) is -3.94. The first-order valence-corrected chi connectivity index (χ1v) is 12.2. The van der Waals surface area contributed by atoms with Crippen LogP contribution in [0.5, 0.6) is 0 Å². The Bertz CT molecular complexity index is 1170. The van der Waals surface area contributed by atoms with Gasteiger partial charge in [0.05, 0.1) is 16.6 Å². The highest BCUT2D eigenvalue weighted by Gasteiger charge is 2.29. The van der Waals surface area contributed by atoms with Crippen LogP contribution in [0.15, 0.2) is 77.7 Å². The largest absolute Gasteiger partial charge is 0.348 e. The first-order chi connectivity index (χ1) is 15.2. The highest BCUT2D eigenvalue weighted by atomic mass is 32.2. The quantitative estimate of drug-likeness (QED) is 0.521. The van der Waals surface area contributed by atoms with Crippen molar-refractivity contribution >= 4 is 21.6 Å². The number of nitrogens with one attached hydrogen (secondary N) is 1. The van der Waals surface area contributed by atoms with Gasteiger partial charge in [0.1, 0.15) is 6.54 Å². The van der Waals surface area contributed by atoms with Gasteiger partial charge < -0.3 is 5.32 Å². The van der Waals surface area contributed by atoms with Crippen LogP contribution in [0, 0.1) is 20.8 Å². The van der Waals surface area contributed by atoms with Gasteiger partial charge in [-0.25, -0.2) is 8.42 Å². The molecule has 6 heteroatoms. The predicted octanol–water partition coefficient (Wildman–Crippen LogP) is 5.07. The van der Waals surface area contributed by atoms with Crippen LogP contribution in [-0.4, -0.2) is 20.9 Å². The molecule has 0 aliphatic rings. The van der Waals surface area contributed by atoms with Crippen molar-refractivity contribution < 1.29 is 13.2 Å². The molecule has 3 rings (SSSR count). The monoisotopic (exact) mass is 450 g/mol. The Morgan fingerprint density at radius 1 is 0.906 bits per heavy atom. The summed E-state index contributed by atoms with van der Waals surface area (Å²) in [6, 6.07) is 21.7. The second kappa shape index (κ2) is 10.0. The van der Waals surface area contributed by atoms with Gasteiger partial charge in [0.25, 0.3) is 10.0 Å². The van der Waals surface area contributed by atoms with Crippen molar-refractivity contribution in [2.75, 3.05) is 10.8 Å². The molecule has 0 aliphatic heterocycles. The van der Waals surface area contributed by atoms with Crippen LogP contribution in [0.25, 0.3) is 0 Å². The van der Waals surface area contributed by atoms with Gasteiger partial charge in [0.15, 0.2) is 0 Å². The Morgan fingerprint density at radius 3 is 2.12 bits per heavy atom. The van der Waals surface area contributed by atoms with E-state index in [1.54, 1.807) is 30.3 Å². The molecule has 0 heterocycles. The summed E-state index contributed by atoms with van der Waals surface area (Å²) in [6.45, 7) is 7.40. The lowest BCUT2D eigenvalue weighted by molar-refractivity contribution is -0.120. The Balaban J connectivity index is 1.95. The number of rotatable bonds is 8. The third kappa shape index (κ3) is 5.37. The molecule has 0 fully saturated rings. The highest BCUT2D eigenvalue weighted by molar-refractivity contribution is 7.92. The zero-order valence-electron chi connectivity index (χ0n) is 19.0. The van der Waals surface area contributed by atoms with Crippen molar-refractivity contribution in [2.45, 2.75) is 45.1 Å². The van der Waals surface area contributed by atoms with Crippen LogP contribution in [0.1, 0.15) is 41.6 Å². The molecule has 0 spiro atoms. The minimum absolute atomic E-state index is 0.158. The lowest BCUT2D eigenvalue weighted by Crippen LogP contribution is -2.42. The first kappa shape index (κ1) is 23.5. The van der Waals surface area contributed by atoms with E-state index in [-0.39, 0.29) is 23.4 Å². The van der Waals surface area contributed by atoms with E-state index in [9.17, 15) is 13.2 Å². The van der Waals surface area contributed by atoms with Crippen LogP contribution in [0.2, 0.25) is 0 Å². The molecular weight excluding hydrogens is 420 g/mol. The number of amides is 1. The van der Waals surface area contributed by atoms with Crippen LogP contribution >= 0.6 is 0 Å². The van der Waals surface area contributed by atoms with Gasteiger partial charge in [0, 0.05) is 0 Å². The van der Waals surface area contributed by atoms with E-state index in [0.29, 0.717) is 12.1 Å². The third-order valence-electron chi connectivity index (χ3n) is 5.46. The third-order valence-corrected chi connectivity index (χ3v) is 7.24. The van der Waals surface area contributed by atoms with Gasteiger partial charge >= 0.3 is 0 Å². The standard InChI is InChI=1S/C26H30N2O3S/c1-5-24(22-9-7-6-8-10-22)27-26(29)18-28(25-16-13-20(3)17-21(25)4)32(30,31)23-14-11-19(2)12-15-23/h6-17,24H,5,18H2,1-4H3,(H,27,29). The van der Waals surface area contributed by atoms with E-state index in [4.69, 9.17) is 0 Å². The maximum absolute atomic E-state index is 13.6. The Kier molecular flexibility index (Phi) is 7.36. The number of anilines is 1. The summed E-state index contributed by atoms with van der Waals surface area (Å²) in [5, 5.41) is 3.00. The lowest BCUT2D eigenvalue weighted by Gasteiger charge is -2.27. The predicted molar refractivity (Wildman–Crippen MR) is 129 cm³/mol. The Labute approximate surface area is 191 Å². The number of carbonyl (C=O) groups excluding carboxylic acids is 1. The van der Waals surface area contributed by atoms with Crippen molar-refractivity contribution in [3.8, 4) is 0 Å². The van der Waals surface area contributed by atoms with Crippen molar-refractivity contribution in [2.24, 2.45) is 0 Å². The molecule has 0 saturated heterocycles. The summed E-state index contributed by atoms with van der Waals surface area (Å²) in [5.41, 5.74) is 4.28. The molecule has 168 valence electrons. The van der Waals surface area contributed by atoms with Gasteiger partial charge in [0.2, 0.25) is 5.91 Å². The number of hydrogen-bond acceptors (Lipinski definition) is 3. The van der Waals surface area contributed by atoms with E-state index >= 15 is 0 Å². The average molecular weight is 451 g/mol. The fraction of sp³-hybridized carbons (Fsp3) is 0.269. The van der Waals surface area contributed by atoms with Crippen LogP contribution in [0.4, 0.5) is 5.69 Å². The second-order valence-electron chi connectivity index (χ2n) is 8.05. The highest BCUT2D eigenvalue weighted by Crippen LogP contribution is 2.28. The SMILES string of the molecule is CCC(NC(=O)CN(c1ccc(C)cc1C)S(=O)(=O)c1ccc(C)cc1)c1ccccc1. The normalized spacial score (nSPS) is 12.2. The van der Waals surface area contributed by atoms with Crippen LogP contribution in [-0.2, 0) is 14.8 Å². The molecule has 1 atom stereocenters. The molecule has 0 saturated carbocycles. The zero-order valence-corrected chi connectivity index (χ0v) is 19.8. The van der Waals surface area contributed by atoms with Crippen molar-refractivity contribution in [3.05, 3.63) is 95.1 Å². The molecule has 1 amide bonds. The molecule has 3 aromatic carbocycles. The van der Waals surface area contributed by atoms with E-state index in [1.165, 1.54) is 4.31 Å². The summed E-state index contributed by atoms with van der Waals surface area (Å²) in [6.07, 6.45) is 0.698. The second-order valence-corrected chi connectivity index (χ2v) is 9.92. The van der Waals surface area contributed by atoms with Crippen molar-refractivity contribution in [3.63, 3.8) is 0 Å². The summed E-state index contributed by atoms with van der Waals surface area (Å²) in [5.74, 6) is -0.351. The molecule has 3 aromatic rings. The number of carbonyl (C=O) groups is 1. The number of aryl methyl sites for hydroxylation is 3. The summed E-state index contributed by atoms with van der Waals surface area (Å²) < 4.78 is 28.4.